The maximum absolute atomic E-state index is 13.3. The number of ether oxygens (including phenoxy) is 1. The molecule has 0 radical (unpaired) electrons. The second-order valence-corrected chi connectivity index (χ2v) is 8.57. The van der Waals surface area contributed by atoms with Gasteiger partial charge in [0.1, 0.15) is 0 Å². The summed E-state index contributed by atoms with van der Waals surface area (Å²) in [5.74, 6) is 0.0305. The van der Waals surface area contributed by atoms with Gasteiger partial charge in [-0.2, -0.15) is 5.10 Å². The quantitative estimate of drug-likeness (QED) is 0.168. The molecule has 4 aromatic rings. The number of aromatic hydroxyl groups is 1. The van der Waals surface area contributed by atoms with Crippen molar-refractivity contribution in [3.63, 3.8) is 0 Å². The molecule has 35 heavy (non-hydrogen) atoms. The Labute approximate surface area is 206 Å². The van der Waals surface area contributed by atoms with Crippen LogP contribution >= 0.6 is 11.8 Å². The number of carbonyl (C=O) groups is 1. The lowest BCUT2D eigenvalue weighted by Gasteiger charge is -2.13. The van der Waals surface area contributed by atoms with Crippen molar-refractivity contribution in [3.05, 3.63) is 88.2 Å². The third-order valence-corrected chi connectivity index (χ3v) is 5.99. The van der Waals surface area contributed by atoms with Crippen molar-refractivity contribution in [1.29, 1.82) is 0 Å². The lowest BCUT2D eigenvalue weighted by Crippen LogP contribution is -2.24. The number of para-hydroxylation sites is 1. The maximum atomic E-state index is 13.3. The summed E-state index contributed by atoms with van der Waals surface area (Å²) in [6.07, 6.45) is 1.46. The van der Waals surface area contributed by atoms with E-state index in [1.807, 2.05) is 44.2 Å². The molecule has 4 rings (SSSR count). The maximum Gasteiger partial charge on any atom is 0.266 e. The minimum absolute atomic E-state index is 0.00769. The monoisotopic (exact) mass is 488 g/mol. The molecule has 0 bridgehead atoms. The first-order chi connectivity index (χ1) is 17.0. The highest BCUT2D eigenvalue weighted by molar-refractivity contribution is 7.99. The Morgan fingerprint density at radius 2 is 1.94 bits per heavy atom. The van der Waals surface area contributed by atoms with Crippen LogP contribution in [-0.4, -0.2) is 39.1 Å². The number of rotatable bonds is 8. The minimum atomic E-state index is -0.354. The van der Waals surface area contributed by atoms with E-state index < -0.39 is 0 Å². The number of phenols is 1. The van der Waals surface area contributed by atoms with Gasteiger partial charge in [0, 0.05) is 0 Å². The zero-order valence-electron chi connectivity index (χ0n) is 19.3. The van der Waals surface area contributed by atoms with Crippen molar-refractivity contribution < 1.29 is 14.6 Å². The highest BCUT2D eigenvalue weighted by atomic mass is 32.2. The van der Waals surface area contributed by atoms with E-state index in [9.17, 15) is 14.7 Å². The van der Waals surface area contributed by atoms with Crippen LogP contribution in [-0.2, 0) is 4.79 Å². The van der Waals surface area contributed by atoms with Crippen molar-refractivity contribution in [2.75, 3.05) is 12.4 Å². The van der Waals surface area contributed by atoms with E-state index in [0.29, 0.717) is 39.7 Å². The molecule has 1 amide bonds. The molecule has 0 aliphatic rings. The molecule has 3 aromatic carbocycles. The van der Waals surface area contributed by atoms with Crippen LogP contribution in [0.4, 0.5) is 0 Å². The van der Waals surface area contributed by atoms with Gasteiger partial charge in [-0.05, 0) is 61.9 Å². The molecule has 8 nitrogen and oxygen atoms in total. The van der Waals surface area contributed by atoms with Crippen LogP contribution in [0.2, 0.25) is 0 Å². The Kier molecular flexibility index (Phi) is 7.47. The highest BCUT2D eigenvalue weighted by Gasteiger charge is 2.14. The number of phenolic OH excluding ortho intramolecular Hbond substituents is 1. The van der Waals surface area contributed by atoms with Gasteiger partial charge in [0.05, 0.1) is 35.2 Å². The molecule has 0 unspecified atom stereocenters. The van der Waals surface area contributed by atoms with E-state index in [0.717, 1.165) is 17.3 Å². The van der Waals surface area contributed by atoms with Crippen LogP contribution in [0, 0.1) is 6.92 Å². The van der Waals surface area contributed by atoms with Crippen LogP contribution in [0.25, 0.3) is 16.6 Å². The van der Waals surface area contributed by atoms with Gasteiger partial charge in [0.25, 0.3) is 11.5 Å². The Morgan fingerprint density at radius 1 is 1.17 bits per heavy atom. The van der Waals surface area contributed by atoms with Crippen LogP contribution in [0.15, 0.2) is 81.8 Å². The van der Waals surface area contributed by atoms with Crippen LogP contribution in [0.3, 0.4) is 0 Å². The number of nitrogens with one attached hydrogen (secondary N) is 1. The number of amides is 1. The lowest BCUT2D eigenvalue weighted by atomic mass is 10.2. The fourth-order valence-corrected chi connectivity index (χ4v) is 4.16. The number of aromatic nitrogens is 2. The SMILES string of the molecule is CCOc1cc(/C=N/NC(=O)CSc2nc3ccccc3c(=O)n2-c2ccc(C)cc2)ccc1O. The number of hydrogen-bond acceptors (Lipinski definition) is 7. The highest BCUT2D eigenvalue weighted by Crippen LogP contribution is 2.26. The summed E-state index contributed by atoms with van der Waals surface area (Å²) in [5.41, 5.74) is 5.26. The molecule has 0 aliphatic carbocycles. The van der Waals surface area contributed by atoms with E-state index in [-0.39, 0.29) is 23.0 Å². The van der Waals surface area contributed by atoms with Crippen molar-refractivity contribution in [1.82, 2.24) is 15.0 Å². The van der Waals surface area contributed by atoms with Crippen molar-refractivity contribution in [2.45, 2.75) is 19.0 Å². The van der Waals surface area contributed by atoms with Gasteiger partial charge in [-0.1, -0.05) is 41.6 Å². The first kappa shape index (κ1) is 24.0. The zero-order chi connectivity index (χ0) is 24.8. The number of fused-ring (bicyclic) bond motifs is 1. The van der Waals surface area contributed by atoms with Crippen LogP contribution in [0.5, 0.6) is 11.5 Å². The summed E-state index contributed by atoms with van der Waals surface area (Å²) in [6.45, 7) is 4.21. The predicted octanol–water partition coefficient (Wildman–Crippen LogP) is 4.04. The van der Waals surface area contributed by atoms with Crippen LogP contribution in [0.1, 0.15) is 18.1 Å². The molecule has 0 fully saturated rings. The topological polar surface area (TPSA) is 106 Å². The smallest absolute Gasteiger partial charge is 0.266 e. The standard InChI is InChI=1S/C26H24N4O4S/c1-3-34-23-14-18(10-13-22(23)31)15-27-29-24(32)16-35-26-28-21-7-5-4-6-20(21)25(33)30(26)19-11-8-17(2)9-12-19/h4-15,31H,3,16H2,1-2H3,(H,29,32)/b27-15+. The average molecular weight is 489 g/mol. The molecular weight excluding hydrogens is 464 g/mol. The summed E-state index contributed by atoms with van der Waals surface area (Å²) in [6, 6.07) is 19.5. The summed E-state index contributed by atoms with van der Waals surface area (Å²) >= 11 is 1.15. The Balaban J connectivity index is 1.51. The van der Waals surface area contributed by atoms with E-state index in [1.165, 1.54) is 16.8 Å². The molecule has 178 valence electrons. The number of nitrogens with zero attached hydrogens (tertiary/aromatic N) is 3. The number of thioether (sulfide) groups is 1. The van der Waals surface area contributed by atoms with Crippen molar-refractivity contribution >= 4 is 34.8 Å². The third-order valence-electron chi connectivity index (χ3n) is 5.06. The predicted molar refractivity (Wildman–Crippen MR) is 138 cm³/mol. The van der Waals surface area contributed by atoms with Gasteiger partial charge < -0.3 is 9.84 Å². The zero-order valence-corrected chi connectivity index (χ0v) is 20.1. The van der Waals surface area contributed by atoms with Gasteiger partial charge in [-0.25, -0.2) is 10.4 Å². The average Bonchev–Trinajstić information content (AvgIpc) is 2.86. The number of hydrogen-bond donors (Lipinski definition) is 2. The normalized spacial score (nSPS) is 11.1. The molecule has 0 spiro atoms. The molecule has 2 N–H and O–H groups in total. The Hall–Kier alpha value is -4.11. The Morgan fingerprint density at radius 3 is 2.71 bits per heavy atom. The van der Waals surface area contributed by atoms with Gasteiger partial charge in [-0.3, -0.25) is 14.2 Å². The van der Waals surface area contributed by atoms with Gasteiger partial charge in [0.15, 0.2) is 16.7 Å². The number of benzene rings is 3. The largest absolute Gasteiger partial charge is 0.504 e. The summed E-state index contributed by atoms with van der Waals surface area (Å²) in [7, 11) is 0. The number of aryl methyl sites for hydroxylation is 1. The minimum Gasteiger partial charge on any atom is -0.504 e. The lowest BCUT2D eigenvalue weighted by molar-refractivity contribution is -0.118. The molecule has 0 saturated carbocycles. The van der Waals surface area contributed by atoms with Crippen molar-refractivity contribution in [2.24, 2.45) is 5.10 Å². The molecule has 9 heteroatoms. The Bertz CT molecular complexity index is 1450. The first-order valence-electron chi connectivity index (χ1n) is 11.0. The van der Waals surface area contributed by atoms with Gasteiger partial charge >= 0.3 is 0 Å². The van der Waals surface area contributed by atoms with Crippen LogP contribution < -0.4 is 15.7 Å². The molecule has 0 atom stereocenters. The van der Waals surface area contributed by atoms with E-state index in [1.54, 1.807) is 30.3 Å². The number of hydrazone groups is 1. The molecule has 0 aliphatic heterocycles. The first-order valence-corrected chi connectivity index (χ1v) is 11.9. The summed E-state index contributed by atoms with van der Waals surface area (Å²) in [5, 5.41) is 14.7. The molecule has 1 heterocycles. The van der Waals surface area contributed by atoms with E-state index in [4.69, 9.17) is 4.74 Å². The second kappa shape index (κ2) is 10.9. The molecule has 1 aromatic heterocycles. The molecule has 0 saturated heterocycles. The van der Waals surface area contributed by atoms with Gasteiger partial charge in [-0.15, -0.1) is 0 Å². The second-order valence-electron chi connectivity index (χ2n) is 7.63. The number of carbonyl (C=O) groups excluding carboxylic acids is 1. The fraction of sp³-hybridized carbons (Fsp3) is 0.154. The van der Waals surface area contributed by atoms with E-state index >= 15 is 0 Å². The summed E-state index contributed by atoms with van der Waals surface area (Å²) in [4.78, 5) is 30.3. The molecular formula is C26H24N4O4S. The van der Waals surface area contributed by atoms with E-state index in [2.05, 4.69) is 15.5 Å². The third kappa shape index (κ3) is 5.70. The fourth-order valence-electron chi connectivity index (χ4n) is 3.35. The summed E-state index contributed by atoms with van der Waals surface area (Å²) < 4.78 is 6.87. The van der Waals surface area contributed by atoms with Gasteiger partial charge in [0.2, 0.25) is 0 Å². The van der Waals surface area contributed by atoms with Crippen molar-refractivity contribution in [3.8, 4) is 17.2 Å².